The number of amides is 1. The van der Waals surface area contributed by atoms with E-state index in [1.165, 1.54) is 18.3 Å². The Kier molecular flexibility index (Phi) is 2.59. The number of pyridine rings is 1. The molecule has 0 radical (unpaired) electrons. The highest BCUT2D eigenvalue weighted by molar-refractivity contribution is 6.08. The Morgan fingerprint density at radius 1 is 1.26 bits per heavy atom. The van der Waals surface area contributed by atoms with Crippen LogP contribution >= 0.6 is 0 Å². The van der Waals surface area contributed by atoms with Crippen LogP contribution in [0.1, 0.15) is 15.9 Å². The number of anilines is 2. The van der Waals surface area contributed by atoms with Crippen LogP contribution in [0.25, 0.3) is 0 Å². The van der Waals surface area contributed by atoms with Crippen LogP contribution < -0.4 is 16.2 Å². The molecule has 2 heterocycles. The number of para-hydroxylation sites is 1. The Bertz CT molecular complexity index is 686. The average Bonchev–Trinajstić information content (AvgIpc) is 2.84. The minimum Gasteiger partial charge on any atom is -0.397 e. The van der Waals surface area contributed by atoms with Crippen molar-refractivity contribution in [1.29, 1.82) is 0 Å². The molecule has 5 heteroatoms. The summed E-state index contributed by atoms with van der Waals surface area (Å²) in [5.74, 6) is -0.145. The number of fused-ring (bicyclic) bond motifs is 1. The standard InChI is InChI=1S/C14H13N3O2/c15-11-3-1-2-9-6-7-17(13(9)11)14(19)10-4-5-12(18)16-8-10/h1-5,8H,6-7,15H2,(H,16,18). The lowest BCUT2D eigenvalue weighted by Crippen LogP contribution is -2.30. The van der Waals surface area contributed by atoms with E-state index < -0.39 is 0 Å². The first-order valence-electron chi connectivity index (χ1n) is 6.05. The molecule has 0 saturated heterocycles. The zero-order valence-electron chi connectivity index (χ0n) is 10.2. The van der Waals surface area contributed by atoms with Gasteiger partial charge in [0.25, 0.3) is 5.91 Å². The van der Waals surface area contributed by atoms with Crippen molar-refractivity contribution in [2.45, 2.75) is 6.42 Å². The van der Waals surface area contributed by atoms with Gasteiger partial charge in [-0.05, 0) is 24.1 Å². The average molecular weight is 255 g/mol. The molecule has 0 atom stereocenters. The molecule has 1 aliphatic rings. The van der Waals surface area contributed by atoms with Gasteiger partial charge in [0.15, 0.2) is 0 Å². The number of hydrogen-bond acceptors (Lipinski definition) is 3. The first-order valence-corrected chi connectivity index (χ1v) is 6.05. The summed E-state index contributed by atoms with van der Waals surface area (Å²) in [5.41, 5.74) is 8.66. The monoisotopic (exact) mass is 255 g/mol. The lowest BCUT2D eigenvalue weighted by molar-refractivity contribution is 0.0989. The number of rotatable bonds is 1. The van der Waals surface area contributed by atoms with E-state index >= 15 is 0 Å². The summed E-state index contributed by atoms with van der Waals surface area (Å²) in [6, 6.07) is 8.53. The van der Waals surface area contributed by atoms with Crippen molar-refractivity contribution in [3.63, 3.8) is 0 Å². The fraction of sp³-hybridized carbons (Fsp3) is 0.143. The Hall–Kier alpha value is -2.56. The van der Waals surface area contributed by atoms with Crippen molar-refractivity contribution in [3.8, 4) is 0 Å². The van der Waals surface area contributed by atoms with E-state index in [1.54, 1.807) is 11.0 Å². The minimum atomic E-state index is -0.224. The van der Waals surface area contributed by atoms with Crippen molar-refractivity contribution in [2.75, 3.05) is 17.2 Å². The molecule has 1 aromatic heterocycles. The van der Waals surface area contributed by atoms with E-state index in [4.69, 9.17) is 5.73 Å². The van der Waals surface area contributed by atoms with Crippen LogP contribution in [0.4, 0.5) is 11.4 Å². The van der Waals surface area contributed by atoms with Crippen LogP contribution in [0, 0.1) is 0 Å². The fourth-order valence-corrected chi connectivity index (χ4v) is 2.39. The number of carbonyl (C=O) groups excluding carboxylic acids is 1. The van der Waals surface area contributed by atoms with Crippen molar-refractivity contribution >= 4 is 17.3 Å². The molecule has 5 nitrogen and oxygen atoms in total. The molecule has 96 valence electrons. The van der Waals surface area contributed by atoms with Gasteiger partial charge in [-0.15, -0.1) is 0 Å². The predicted molar refractivity (Wildman–Crippen MR) is 73.3 cm³/mol. The Labute approximate surface area is 109 Å². The molecule has 1 aromatic carbocycles. The fourth-order valence-electron chi connectivity index (χ4n) is 2.39. The third kappa shape index (κ3) is 1.89. The summed E-state index contributed by atoms with van der Waals surface area (Å²) in [6.45, 7) is 0.613. The number of nitrogens with zero attached hydrogens (tertiary/aromatic N) is 1. The lowest BCUT2D eigenvalue weighted by atomic mass is 10.1. The molecule has 1 aliphatic heterocycles. The Morgan fingerprint density at radius 2 is 2.11 bits per heavy atom. The molecule has 19 heavy (non-hydrogen) atoms. The number of carbonyl (C=O) groups is 1. The van der Waals surface area contributed by atoms with Crippen molar-refractivity contribution in [3.05, 3.63) is 58.0 Å². The van der Waals surface area contributed by atoms with Gasteiger partial charge in [-0.3, -0.25) is 9.59 Å². The number of hydrogen-bond donors (Lipinski definition) is 2. The van der Waals surface area contributed by atoms with Gasteiger partial charge in [-0.1, -0.05) is 12.1 Å². The maximum absolute atomic E-state index is 12.4. The zero-order chi connectivity index (χ0) is 13.4. The molecule has 0 spiro atoms. The number of nitrogen functional groups attached to an aromatic ring is 1. The first-order chi connectivity index (χ1) is 9.16. The summed E-state index contributed by atoms with van der Waals surface area (Å²) in [5, 5.41) is 0. The van der Waals surface area contributed by atoms with E-state index in [0.717, 1.165) is 17.7 Å². The Balaban J connectivity index is 2.00. The molecule has 0 aliphatic carbocycles. The van der Waals surface area contributed by atoms with E-state index in [9.17, 15) is 9.59 Å². The smallest absolute Gasteiger partial charge is 0.259 e. The molecular weight excluding hydrogens is 242 g/mol. The predicted octanol–water partition coefficient (Wildman–Crippen LogP) is 1.16. The van der Waals surface area contributed by atoms with Gasteiger partial charge in [0.05, 0.1) is 16.9 Å². The highest BCUT2D eigenvalue weighted by Crippen LogP contribution is 2.34. The highest BCUT2D eigenvalue weighted by atomic mass is 16.2. The third-order valence-electron chi connectivity index (χ3n) is 3.30. The molecular formula is C14H13N3O2. The van der Waals surface area contributed by atoms with Crippen molar-refractivity contribution in [2.24, 2.45) is 0 Å². The number of aromatic nitrogens is 1. The molecule has 3 rings (SSSR count). The third-order valence-corrected chi connectivity index (χ3v) is 3.30. The zero-order valence-corrected chi connectivity index (χ0v) is 10.2. The molecule has 0 unspecified atom stereocenters. The van der Waals surface area contributed by atoms with Gasteiger partial charge >= 0.3 is 0 Å². The molecule has 2 aromatic rings. The van der Waals surface area contributed by atoms with Gasteiger partial charge < -0.3 is 15.6 Å². The summed E-state index contributed by atoms with van der Waals surface area (Å²) in [4.78, 5) is 27.6. The van der Waals surface area contributed by atoms with E-state index in [-0.39, 0.29) is 11.5 Å². The van der Waals surface area contributed by atoms with Crippen molar-refractivity contribution in [1.82, 2.24) is 4.98 Å². The van der Waals surface area contributed by atoms with Crippen LogP contribution in [0.2, 0.25) is 0 Å². The van der Waals surface area contributed by atoms with Crippen LogP contribution in [-0.2, 0) is 6.42 Å². The number of H-pyrrole nitrogens is 1. The maximum atomic E-state index is 12.4. The van der Waals surface area contributed by atoms with E-state index in [1.807, 2.05) is 12.1 Å². The quantitative estimate of drug-likeness (QED) is 0.750. The largest absolute Gasteiger partial charge is 0.397 e. The second-order valence-electron chi connectivity index (χ2n) is 4.50. The normalized spacial score (nSPS) is 13.4. The number of nitrogens with one attached hydrogen (secondary N) is 1. The van der Waals surface area contributed by atoms with Gasteiger partial charge in [-0.25, -0.2) is 0 Å². The first kappa shape index (κ1) is 11.5. The van der Waals surface area contributed by atoms with Gasteiger partial charge in [0.2, 0.25) is 5.56 Å². The second-order valence-corrected chi connectivity index (χ2v) is 4.50. The van der Waals surface area contributed by atoms with Gasteiger partial charge in [0, 0.05) is 18.8 Å². The lowest BCUT2D eigenvalue weighted by Gasteiger charge is -2.18. The molecule has 3 N–H and O–H groups in total. The second kappa shape index (κ2) is 4.28. The summed E-state index contributed by atoms with van der Waals surface area (Å²) < 4.78 is 0. The van der Waals surface area contributed by atoms with E-state index in [0.29, 0.717) is 17.8 Å². The molecule has 0 bridgehead atoms. The van der Waals surface area contributed by atoms with E-state index in [2.05, 4.69) is 4.98 Å². The summed E-state index contributed by atoms with van der Waals surface area (Å²) >= 11 is 0. The molecule has 0 saturated carbocycles. The summed E-state index contributed by atoms with van der Waals surface area (Å²) in [6.07, 6.45) is 2.23. The van der Waals surface area contributed by atoms with Crippen molar-refractivity contribution < 1.29 is 4.79 Å². The van der Waals surface area contributed by atoms with Gasteiger partial charge in [0.1, 0.15) is 0 Å². The highest BCUT2D eigenvalue weighted by Gasteiger charge is 2.27. The molecule has 1 amide bonds. The number of nitrogens with two attached hydrogens (primary N) is 1. The van der Waals surface area contributed by atoms with Crippen LogP contribution in [0.3, 0.4) is 0 Å². The minimum absolute atomic E-state index is 0.145. The number of aromatic amines is 1. The topological polar surface area (TPSA) is 79.2 Å². The van der Waals surface area contributed by atoms with Crippen LogP contribution in [0.15, 0.2) is 41.3 Å². The van der Waals surface area contributed by atoms with Crippen LogP contribution in [-0.4, -0.2) is 17.4 Å². The summed E-state index contributed by atoms with van der Waals surface area (Å²) in [7, 11) is 0. The number of benzene rings is 1. The SMILES string of the molecule is Nc1cccc2c1N(C(=O)c1ccc(=O)[nH]c1)CC2. The maximum Gasteiger partial charge on any atom is 0.259 e. The Morgan fingerprint density at radius 3 is 2.84 bits per heavy atom. The molecule has 0 fully saturated rings. The van der Waals surface area contributed by atoms with Crippen LogP contribution in [0.5, 0.6) is 0 Å². The van der Waals surface area contributed by atoms with Gasteiger partial charge in [-0.2, -0.15) is 0 Å².